The van der Waals surface area contributed by atoms with Crippen LogP contribution in [0.4, 0.5) is 0 Å². The second-order valence-corrected chi connectivity index (χ2v) is 3.40. The molecule has 0 aliphatic heterocycles. The SMILES string of the molecule is CCCCCOS(=O)(=O)C#N. The smallest absolute Gasteiger partial charge is 0.259 e. The van der Waals surface area contributed by atoms with Crippen LogP contribution in [0.5, 0.6) is 0 Å². The maximum Gasteiger partial charge on any atom is 0.362 e. The summed E-state index contributed by atoms with van der Waals surface area (Å²) in [6.45, 7) is 2.11. The van der Waals surface area contributed by atoms with Crippen molar-refractivity contribution in [3.63, 3.8) is 0 Å². The van der Waals surface area contributed by atoms with Crippen LogP contribution in [0.2, 0.25) is 0 Å². The molecule has 0 heterocycles. The van der Waals surface area contributed by atoms with Crippen LogP contribution in [-0.2, 0) is 14.3 Å². The largest absolute Gasteiger partial charge is 0.362 e. The highest BCUT2D eigenvalue weighted by Crippen LogP contribution is 1.97. The molecule has 0 saturated carbocycles. The first kappa shape index (κ1) is 10.4. The molecule has 0 bridgehead atoms. The highest BCUT2D eigenvalue weighted by Gasteiger charge is 2.06. The molecular formula is C6H11NO3S. The Bertz CT molecular complexity index is 227. The summed E-state index contributed by atoms with van der Waals surface area (Å²) in [5.74, 6) is 0. The molecule has 64 valence electrons. The summed E-state index contributed by atoms with van der Waals surface area (Å²) < 4.78 is 25.1. The van der Waals surface area contributed by atoms with Crippen LogP contribution in [0.25, 0.3) is 0 Å². The van der Waals surface area contributed by atoms with E-state index in [4.69, 9.17) is 5.26 Å². The monoisotopic (exact) mass is 177 g/mol. The first-order valence-corrected chi connectivity index (χ1v) is 4.83. The quantitative estimate of drug-likeness (QED) is 0.272. The van der Waals surface area contributed by atoms with Gasteiger partial charge in [-0.3, -0.25) is 4.18 Å². The van der Waals surface area contributed by atoms with Gasteiger partial charge in [-0.2, -0.15) is 13.7 Å². The molecule has 0 amide bonds. The summed E-state index contributed by atoms with van der Waals surface area (Å²) in [5.41, 5.74) is 0. The standard InChI is InChI=1S/C6H11NO3S/c1-2-3-4-5-10-11(8,9)6-7/h2-5H2,1H3. The fourth-order valence-corrected chi connectivity index (χ4v) is 0.937. The van der Waals surface area contributed by atoms with Gasteiger partial charge < -0.3 is 0 Å². The lowest BCUT2D eigenvalue weighted by Gasteiger charge is -1.96. The average Bonchev–Trinajstić information content (AvgIpc) is 1.99. The van der Waals surface area contributed by atoms with Gasteiger partial charge in [0, 0.05) is 0 Å². The lowest BCUT2D eigenvalue weighted by molar-refractivity contribution is 0.314. The lowest BCUT2D eigenvalue weighted by atomic mass is 10.3. The number of hydrogen-bond acceptors (Lipinski definition) is 4. The van der Waals surface area contributed by atoms with Crippen molar-refractivity contribution in [3.05, 3.63) is 0 Å². The van der Waals surface area contributed by atoms with Crippen LogP contribution < -0.4 is 0 Å². The fraction of sp³-hybridized carbons (Fsp3) is 0.833. The van der Waals surface area contributed by atoms with Crippen molar-refractivity contribution in [2.75, 3.05) is 6.61 Å². The molecule has 4 nitrogen and oxygen atoms in total. The van der Waals surface area contributed by atoms with Crippen LogP contribution in [0.3, 0.4) is 0 Å². The van der Waals surface area contributed by atoms with Crippen molar-refractivity contribution in [1.82, 2.24) is 0 Å². The summed E-state index contributed by atoms with van der Waals surface area (Å²) in [4.78, 5) is 0. The van der Waals surface area contributed by atoms with Crippen molar-refractivity contribution in [3.8, 4) is 5.40 Å². The minimum Gasteiger partial charge on any atom is -0.259 e. The van der Waals surface area contributed by atoms with E-state index >= 15 is 0 Å². The second-order valence-electron chi connectivity index (χ2n) is 2.07. The predicted octanol–water partition coefficient (Wildman–Crippen LogP) is 1.00. The van der Waals surface area contributed by atoms with Crippen LogP contribution in [-0.4, -0.2) is 15.0 Å². The van der Waals surface area contributed by atoms with E-state index in [1.165, 1.54) is 0 Å². The van der Waals surface area contributed by atoms with Crippen LogP contribution in [0, 0.1) is 10.7 Å². The molecule has 0 aromatic heterocycles. The van der Waals surface area contributed by atoms with E-state index in [1.54, 1.807) is 0 Å². The molecule has 5 heteroatoms. The summed E-state index contributed by atoms with van der Waals surface area (Å²) in [7, 11) is -3.89. The van der Waals surface area contributed by atoms with Crippen molar-refractivity contribution in [2.24, 2.45) is 0 Å². The van der Waals surface area contributed by atoms with Gasteiger partial charge in [-0.05, 0) is 6.42 Å². The van der Waals surface area contributed by atoms with Crippen molar-refractivity contribution in [2.45, 2.75) is 26.2 Å². The summed E-state index contributed by atoms with van der Waals surface area (Å²) >= 11 is 0. The summed E-state index contributed by atoms with van der Waals surface area (Å²) in [6, 6.07) is 0. The number of unbranched alkanes of at least 4 members (excludes halogenated alkanes) is 2. The molecule has 0 spiro atoms. The van der Waals surface area contributed by atoms with Crippen LogP contribution in [0.15, 0.2) is 0 Å². The molecule has 0 aliphatic carbocycles. The molecule has 0 aromatic carbocycles. The molecule has 0 fully saturated rings. The molecule has 0 saturated heterocycles. The Labute approximate surface area is 66.9 Å². The molecule has 0 unspecified atom stereocenters. The van der Waals surface area contributed by atoms with Gasteiger partial charge in [0.05, 0.1) is 6.61 Å². The summed E-state index contributed by atoms with van der Waals surface area (Å²) in [6.07, 6.45) is 2.59. The predicted molar refractivity (Wildman–Crippen MR) is 40.0 cm³/mol. The molecular weight excluding hydrogens is 166 g/mol. The van der Waals surface area contributed by atoms with Crippen LogP contribution >= 0.6 is 0 Å². The Kier molecular flexibility index (Phi) is 4.83. The number of nitrogens with zero attached hydrogens (tertiary/aromatic N) is 1. The van der Waals surface area contributed by atoms with E-state index in [9.17, 15) is 8.42 Å². The topological polar surface area (TPSA) is 67.2 Å². The third kappa shape index (κ3) is 5.83. The maximum absolute atomic E-state index is 10.4. The first-order valence-electron chi connectivity index (χ1n) is 3.42. The Morgan fingerprint density at radius 3 is 2.55 bits per heavy atom. The van der Waals surface area contributed by atoms with Gasteiger partial charge in [-0.15, -0.1) is 0 Å². The van der Waals surface area contributed by atoms with Gasteiger partial charge in [0.2, 0.25) is 5.40 Å². The lowest BCUT2D eigenvalue weighted by Crippen LogP contribution is -2.03. The van der Waals surface area contributed by atoms with Gasteiger partial charge in [0.1, 0.15) is 0 Å². The van der Waals surface area contributed by atoms with E-state index in [0.717, 1.165) is 18.2 Å². The highest BCUT2D eigenvalue weighted by atomic mass is 32.2. The third-order valence-electron chi connectivity index (χ3n) is 1.10. The minimum atomic E-state index is -3.89. The first-order chi connectivity index (χ1) is 5.12. The van der Waals surface area contributed by atoms with E-state index in [1.807, 2.05) is 6.92 Å². The molecule has 0 aliphatic rings. The molecule has 0 N–H and O–H groups in total. The van der Waals surface area contributed by atoms with E-state index in [0.29, 0.717) is 6.42 Å². The Morgan fingerprint density at radius 1 is 1.45 bits per heavy atom. The maximum atomic E-state index is 10.4. The van der Waals surface area contributed by atoms with Gasteiger partial charge in [-0.25, -0.2) is 0 Å². The zero-order valence-electron chi connectivity index (χ0n) is 6.41. The molecule has 0 radical (unpaired) electrons. The Morgan fingerprint density at radius 2 is 2.09 bits per heavy atom. The number of rotatable bonds is 5. The van der Waals surface area contributed by atoms with E-state index in [-0.39, 0.29) is 6.61 Å². The molecule has 0 atom stereocenters. The average molecular weight is 177 g/mol. The summed E-state index contributed by atoms with van der Waals surface area (Å²) in [5, 5.41) is 9.06. The number of hydrogen-bond donors (Lipinski definition) is 0. The fourth-order valence-electron chi connectivity index (χ4n) is 0.547. The Balaban J connectivity index is 3.50. The minimum absolute atomic E-state index is 0.115. The second kappa shape index (κ2) is 5.10. The third-order valence-corrected chi connectivity index (χ3v) is 1.80. The van der Waals surface area contributed by atoms with E-state index in [2.05, 4.69) is 4.18 Å². The number of thiocyanates is 1. The van der Waals surface area contributed by atoms with E-state index < -0.39 is 10.1 Å². The van der Waals surface area contributed by atoms with Gasteiger partial charge in [0.15, 0.2) is 0 Å². The molecule has 0 aromatic rings. The van der Waals surface area contributed by atoms with Gasteiger partial charge in [-0.1, -0.05) is 19.8 Å². The highest BCUT2D eigenvalue weighted by molar-refractivity contribution is 7.91. The van der Waals surface area contributed by atoms with Crippen molar-refractivity contribution < 1.29 is 12.6 Å². The van der Waals surface area contributed by atoms with Crippen molar-refractivity contribution >= 4 is 10.1 Å². The zero-order chi connectivity index (χ0) is 8.74. The number of nitriles is 1. The molecule has 11 heavy (non-hydrogen) atoms. The van der Waals surface area contributed by atoms with Gasteiger partial charge in [0.25, 0.3) is 0 Å². The van der Waals surface area contributed by atoms with Crippen molar-refractivity contribution in [1.29, 1.82) is 5.26 Å². The normalized spacial score (nSPS) is 10.9. The zero-order valence-corrected chi connectivity index (χ0v) is 7.23. The van der Waals surface area contributed by atoms with Gasteiger partial charge >= 0.3 is 10.1 Å². The Hall–Kier alpha value is -0.600. The van der Waals surface area contributed by atoms with Crippen LogP contribution in [0.1, 0.15) is 26.2 Å². The molecule has 0 rings (SSSR count).